The summed E-state index contributed by atoms with van der Waals surface area (Å²) in [6, 6.07) is 13.4. The lowest BCUT2D eigenvalue weighted by Gasteiger charge is -2.03. The van der Waals surface area contributed by atoms with E-state index in [1.54, 1.807) is 29.2 Å². The average molecular weight is 281 g/mol. The van der Waals surface area contributed by atoms with Crippen molar-refractivity contribution >= 4 is 23.0 Å². The molecule has 2 aromatic carbocycles. The molecule has 0 aliphatic carbocycles. The van der Waals surface area contributed by atoms with Crippen molar-refractivity contribution in [2.24, 2.45) is 0 Å². The first-order valence-corrected chi connectivity index (χ1v) is 6.39. The fourth-order valence-corrected chi connectivity index (χ4v) is 1.95. The van der Waals surface area contributed by atoms with Crippen molar-refractivity contribution in [1.29, 1.82) is 0 Å². The molecular weight excluding hydrogens is 269 g/mol. The van der Waals surface area contributed by atoms with Crippen LogP contribution in [0.25, 0.3) is 17.1 Å². The van der Waals surface area contributed by atoms with Crippen LogP contribution in [-0.4, -0.2) is 15.6 Å². The third-order valence-electron chi connectivity index (χ3n) is 2.98. The highest BCUT2D eigenvalue weighted by Crippen LogP contribution is 2.10. The number of nitrogens with one attached hydrogen (secondary N) is 1. The Morgan fingerprint density at radius 3 is 2.71 bits per heavy atom. The maximum Gasteiger partial charge on any atom is 0.262 e. The molecule has 1 amide bonds. The zero-order chi connectivity index (χ0) is 14.7. The molecule has 1 N–H and O–H groups in total. The Hall–Kier alpha value is -2.95. The van der Waals surface area contributed by atoms with Gasteiger partial charge in [0.25, 0.3) is 5.91 Å². The normalized spacial score (nSPS) is 11.1. The summed E-state index contributed by atoms with van der Waals surface area (Å²) in [6.07, 6.45) is 4.56. The molecule has 0 radical (unpaired) electrons. The Morgan fingerprint density at radius 1 is 1.14 bits per heavy atom. The Bertz CT molecular complexity index is 806. The number of hydrogen-bond donors (Lipinski definition) is 1. The van der Waals surface area contributed by atoms with E-state index >= 15 is 0 Å². The number of hydrogen-bond acceptors (Lipinski definition) is 2. The van der Waals surface area contributed by atoms with Crippen LogP contribution in [0.1, 0.15) is 5.56 Å². The van der Waals surface area contributed by atoms with Crippen molar-refractivity contribution in [1.82, 2.24) is 9.66 Å². The zero-order valence-electron chi connectivity index (χ0n) is 11.0. The molecule has 0 atom stereocenters. The molecule has 104 valence electrons. The van der Waals surface area contributed by atoms with Gasteiger partial charge in [0.05, 0.1) is 11.0 Å². The second kappa shape index (κ2) is 5.58. The van der Waals surface area contributed by atoms with Crippen LogP contribution in [0.15, 0.2) is 60.9 Å². The van der Waals surface area contributed by atoms with Crippen LogP contribution in [-0.2, 0) is 4.79 Å². The van der Waals surface area contributed by atoms with Gasteiger partial charge in [-0.15, -0.1) is 0 Å². The summed E-state index contributed by atoms with van der Waals surface area (Å²) < 4.78 is 14.3. The highest BCUT2D eigenvalue weighted by molar-refractivity contribution is 5.98. The Kier molecular flexibility index (Phi) is 3.47. The molecular formula is C16H12FN3O. The van der Waals surface area contributed by atoms with E-state index in [2.05, 4.69) is 10.4 Å². The van der Waals surface area contributed by atoms with Gasteiger partial charge in [0.1, 0.15) is 12.1 Å². The highest BCUT2D eigenvalue weighted by atomic mass is 19.1. The minimum Gasteiger partial charge on any atom is -0.268 e. The van der Waals surface area contributed by atoms with Gasteiger partial charge in [0.15, 0.2) is 0 Å². The number of rotatable bonds is 3. The van der Waals surface area contributed by atoms with Crippen LogP contribution in [0.2, 0.25) is 0 Å². The third kappa shape index (κ3) is 2.97. The van der Waals surface area contributed by atoms with Crippen molar-refractivity contribution in [3.05, 3.63) is 72.3 Å². The molecule has 0 unspecified atom stereocenters. The van der Waals surface area contributed by atoms with Crippen LogP contribution in [0.5, 0.6) is 0 Å². The van der Waals surface area contributed by atoms with Crippen LogP contribution in [0, 0.1) is 5.82 Å². The molecule has 5 heteroatoms. The first-order valence-electron chi connectivity index (χ1n) is 6.39. The second-order valence-electron chi connectivity index (χ2n) is 4.46. The fourth-order valence-electron chi connectivity index (χ4n) is 1.95. The van der Waals surface area contributed by atoms with Gasteiger partial charge in [-0.3, -0.25) is 10.2 Å². The summed E-state index contributed by atoms with van der Waals surface area (Å²) in [6.45, 7) is 0. The number of aromatic nitrogens is 2. The lowest BCUT2D eigenvalue weighted by atomic mass is 10.2. The summed E-state index contributed by atoms with van der Waals surface area (Å²) in [7, 11) is 0. The van der Waals surface area contributed by atoms with Crippen LogP contribution in [0.3, 0.4) is 0 Å². The van der Waals surface area contributed by atoms with E-state index in [-0.39, 0.29) is 11.7 Å². The summed E-state index contributed by atoms with van der Waals surface area (Å²) in [5.74, 6) is -0.594. The summed E-state index contributed by atoms with van der Waals surface area (Å²) >= 11 is 0. The Labute approximate surface area is 120 Å². The number of para-hydroxylation sites is 2. The first kappa shape index (κ1) is 13.1. The van der Waals surface area contributed by atoms with E-state index < -0.39 is 0 Å². The van der Waals surface area contributed by atoms with Gasteiger partial charge in [-0.05, 0) is 35.9 Å². The van der Waals surface area contributed by atoms with Gasteiger partial charge in [-0.25, -0.2) is 14.1 Å². The van der Waals surface area contributed by atoms with Crippen molar-refractivity contribution in [3.8, 4) is 0 Å². The topological polar surface area (TPSA) is 46.9 Å². The van der Waals surface area contributed by atoms with E-state index in [4.69, 9.17) is 0 Å². The van der Waals surface area contributed by atoms with Crippen LogP contribution < -0.4 is 5.43 Å². The molecule has 0 aliphatic rings. The molecule has 0 aliphatic heterocycles. The van der Waals surface area contributed by atoms with Crippen molar-refractivity contribution in [2.75, 3.05) is 5.43 Å². The highest BCUT2D eigenvalue weighted by Gasteiger charge is 2.03. The average Bonchev–Trinajstić information content (AvgIpc) is 2.90. The number of benzene rings is 2. The molecule has 3 rings (SSSR count). The van der Waals surface area contributed by atoms with E-state index in [0.29, 0.717) is 0 Å². The summed E-state index contributed by atoms with van der Waals surface area (Å²) in [5.41, 5.74) is 5.08. The molecule has 0 fully saturated rings. The smallest absolute Gasteiger partial charge is 0.262 e. The molecule has 0 bridgehead atoms. The summed E-state index contributed by atoms with van der Waals surface area (Å²) in [5, 5.41) is 0. The first-order chi connectivity index (χ1) is 10.2. The van der Waals surface area contributed by atoms with Crippen molar-refractivity contribution in [2.45, 2.75) is 0 Å². The largest absolute Gasteiger partial charge is 0.268 e. The van der Waals surface area contributed by atoms with E-state index in [9.17, 15) is 9.18 Å². The molecule has 0 saturated carbocycles. The van der Waals surface area contributed by atoms with Crippen LogP contribution in [0.4, 0.5) is 4.39 Å². The molecule has 21 heavy (non-hydrogen) atoms. The lowest BCUT2D eigenvalue weighted by Crippen LogP contribution is -2.19. The van der Waals surface area contributed by atoms with Gasteiger partial charge in [0.2, 0.25) is 0 Å². The van der Waals surface area contributed by atoms with Crippen molar-refractivity contribution in [3.63, 3.8) is 0 Å². The number of fused-ring (bicyclic) bond motifs is 1. The number of imidazole rings is 1. The van der Waals surface area contributed by atoms with Crippen molar-refractivity contribution < 1.29 is 9.18 Å². The monoisotopic (exact) mass is 281 g/mol. The Balaban J connectivity index is 1.73. The number of halogens is 1. The molecule has 1 aromatic heterocycles. The van der Waals surface area contributed by atoms with Crippen LogP contribution >= 0.6 is 0 Å². The third-order valence-corrected chi connectivity index (χ3v) is 2.98. The van der Waals surface area contributed by atoms with Gasteiger partial charge < -0.3 is 0 Å². The standard InChI is InChI=1S/C16H12FN3O/c17-13-8-5-12(6-9-13)7-10-16(21)19-20-11-18-14-3-1-2-4-15(14)20/h1-11H,(H,19,21)/b10-7+. The van der Waals surface area contributed by atoms with Gasteiger partial charge in [0, 0.05) is 6.08 Å². The molecule has 3 aromatic rings. The number of nitrogens with zero attached hydrogens (tertiary/aromatic N) is 2. The maximum atomic E-state index is 12.8. The maximum absolute atomic E-state index is 12.8. The zero-order valence-corrected chi connectivity index (χ0v) is 11.0. The summed E-state index contributed by atoms with van der Waals surface area (Å²) in [4.78, 5) is 16.1. The predicted molar refractivity (Wildman–Crippen MR) is 79.5 cm³/mol. The SMILES string of the molecule is O=C(/C=C/c1ccc(F)cc1)Nn1cnc2ccccc21. The van der Waals surface area contributed by atoms with Gasteiger partial charge >= 0.3 is 0 Å². The fraction of sp³-hybridized carbons (Fsp3) is 0. The molecule has 1 heterocycles. The van der Waals surface area contributed by atoms with E-state index in [1.807, 2.05) is 24.3 Å². The molecule has 0 saturated heterocycles. The number of carbonyl (C=O) groups excluding carboxylic acids is 1. The van der Waals surface area contributed by atoms with Gasteiger partial charge in [-0.1, -0.05) is 24.3 Å². The minimum absolute atomic E-state index is 0.289. The van der Waals surface area contributed by atoms with E-state index in [0.717, 1.165) is 16.6 Å². The Morgan fingerprint density at radius 2 is 1.90 bits per heavy atom. The quantitative estimate of drug-likeness (QED) is 0.750. The second-order valence-corrected chi connectivity index (χ2v) is 4.46. The minimum atomic E-state index is -0.304. The van der Waals surface area contributed by atoms with E-state index in [1.165, 1.54) is 18.2 Å². The molecule has 4 nitrogen and oxygen atoms in total. The number of amides is 1. The molecule has 0 spiro atoms. The predicted octanol–water partition coefficient (Wildman–Crippen LogP) is 2.96. The lowest BCUT2D eigenvalue weighted by molar-refractivity contribution is -0.112. The van der Waals surface area contributed by atoms with Gasteiger partial charge in [-0.2, -0.15) is 0 Å². The number of carbonyl (C=O) groups is 1.